The summed E-state index contributed by atoms with van der Waals surface area (Å²) in [5, 5.41) is 12.1. The molecule has 0 spiro atoms. The third kappa shape index (κ3) is 3.99. The van der Waals surface area contributed by atoms with Gasteiger partial charge in [-0.1, -0.05) is 37.6 Å². The molecular formula is C20H19ClFN3O3. The molecule has 0 aliphatic heterocycles. The van der Waals surface area contributed by atoms with Gasteiger partial charge in [-0.15, -0.1) is 0 Å². The number of halogens is 2. The van der Waals surface area contributed by atoms with Crippen molar-refractivity contribution in [1.82, 2.24) is 14.9 Å². The van der Waals surface area contributed by atoms with Gasteiger partial charge in [-0.05, 0) is 42.7 Å². The topological polar surface area (TPSA) is 84.2 Å². The number of amides is 1. The number of carbonyl (C=O) groups is 1. The minimum atomic E-state index is -1.24. The van der Waals surface area contributed by atoms with Crippen LogP contribution in [-0.4, -0.2) is 20.8 Å². The van der Waals surface area contributed by atoms with Crippen LogP contribution < -0.4 is 10.9 Å². The molecule has 0 radical (unpaired) electrons. The Hall–Kier alpha value is -2.93. The van der Waals surface area contributed by atoms with Gasteiger partial charge in [-0.3, -0.25) is 9.36 Å². The van der Waals surface area contributed by atoms with E-state index >= 15 is 0 Å². The lowest BCUT2D eigenvalue weighted by molar-refractivity contribution is 0.187. The van der Waals surface area contributed by atoms with E-state index in [9.17, 15) is 19.1 Å². The van der Waals surface area contributed by atoms with Crippen LogP contribution in [-0.2, 0) is 0 Å². The van der Waals surface area contributed by atoms with Crippen LogP contribution >= 0.6 is 11.6 Å². The second-order valence-electron chi connectivity index (χ2n) is 6.86. The molecule has 1 heterocycles. The van der Waals surface area contributed by atoms with E-state index in [0.29, 0.717) is 11.9 Å². The second kappa shape index (κ2) is 7.98. The fourth-order valence-electron chi connectivity index (χ4n) is 3.15. The summed E-state index contributed by atoms with van der Waals surface area (Å²) in [5.41, 5.74) is 0.105. The maximum absolute atomic E-state index is 13.9. The number of carboxylic acid groups (broad SMARTS) is 1. The number of hydrogen-bond donors (Lipinski definition) is 2. The first kappa shape index (κ1) is 19.8. The molecule has 0 aliphatic rings. The Morgan fingerprint density at radius 2 is 2.00 bits per heavy atom. The van der Waals surface area contributed by atoms with Gasteiger partial charge in [0.25, 0.3) is 5.56 Å². The lowest BCUT2D eigenvalue weighted by atomic mass is 10.0. The highest BCUT2D eigenvalue weighted by atomic mass is 35.5. The van der Waals surface area contributed by atoms with Crippen molar-refractivity contribution in [2.24, 2.45) is 5.92 Å². The summed E-state index contributed by atoms with van der Waals surface area (Å²) in [5.74, 6) is -0.229. The molecule has 3 rings (SSSR count). The summed E-state index contributed by atoms with van der Waals surface area (Å²) >= 11 is 6.22. The Morgan fingerprint density at radius 3 is 2.64 bits per heavy atom. The van der Waals surface area contributed by atoms with E-state index in [0.717, 1.165) is 0 Å². The van der Waals surface area contributed by atoms with Crippen LogP contribution in [0.25, 0.3) is 16.6 Å². The molecule has 146 valence electrons. The number of aromatic nitrogens is 2. The molecule has 2 aromatic carbocycles. The molecule has 0 saturated heterocycles. The number of fused-ring (bicyclic) bond motifs is 1. The predicted octanol–water partition coefficient (Wildman–Crippen LogP) is 4.53. The van der Waals surface area contributed by atoms with Crippen LogP contribution in [0.1, 0.15) is 32.1 Å². The monoisotopic (exact) mass is 403 g/mol. The van der Waals surface area contributed by atoms with Crippen LogP contribution in [0.2, 0.25) is 5.02 Å². The molecular weight excluding hydrogens is 385 g/mol. The zero-order valence-corrected chi connectivity index (χ0v) is 16.1. The van der Waals surface area contributed by atoms with Crippen molar-refractivity contribution in [2.45, 2.75) is 26.3 Å². The first-order chi connectivity index (χ1) is 13.3. The highest BCUT2D eigenvalue weighted by Crippen LogP contribution is 2.26. The summed E-state index contributed by atoms with van der Waals surface area (Å²) < 4.78 is 15.1. The Balaban J connectivity index is 2.38. The maximum Gasteiger partial charge on any atom is 0.405 e. The van der Waals surface area contributed by atoms with Crippen molar-refractivity contribution >= 4 is 28.6 Å². The average Bonchev–Trinajstić information content (AvgIpc) is 2.60. The number of nitrogens with zero attached hydrogens (tertiary/aromatic N) is 2. The van der Waals surface area contributed by atoms with Crippen LogP contribution in [0.3, 0.4) is 0 Å². The minimum Gasteiger partial charge on any atom is -0.465 e. The van der Waals surface area contributed by atoms with Gasteiger partial charge in [0.1, 0.15) is 11.6 Å². The summed E-state index contributed by atoms with van der Waals surface area (Å²) in [6, 6.07) is 9.59. The summed E-state index contributed by atoms with van der Waals surface area (Å²) in [6.07, 6.45) is -0.836. The molecule has 0 bridgehead atoms. The van der Waals surface area contributed by atoms with E-state index in [1.54, 1.807) is 24.3 Å². The van der Waals surface area contributed by atoms with E-state index in [-0.39, 0.29) is 27.8 Å². The molecule has 0 fully saturated rings. The molecule has 0 aliphatic carbocycles. The predicted molar refractivity (Wildman–Crippen MR) is 106 cm³/mol. The average molecular weight is 404 g/mol. The molecule has 8 heteroatoms. The van der Waals surface area contributed by atoms with E-state index < -0.39 is 23.5 Å². The molecule has 1 unspecified atom stereocenters. The van der Waals surface area contributed by atoms with Crippen molar-refractivity contribution in [2.75, 3.05) is 0 Å². The van der Waals surface area contributed by atoms with Gasteiger partial charge < -0.3 is 10.4 Å². The van der Waals surface area contributed by atoms with E-state index in [1.165, 1.54) is 22.8 Å². The van der Waals surface area contributed by atoms with Crippen molar-refractivity contribution in [3.8, 4) is 5.69 Å². The van der Waals surface area contributed by atoms with Crippen LogP contribution in [0, 0.1) is 11.7 Å². The molecule has 0 saturated carbocycles. The summed E-state index contributed by atoms with van der Waals surface area (Å²) in [4.78, 5) is 29.2. The van der Waals surface area contributed by atoms with Crippen molar-refractivity contribution in [3.63, 3.8) is 0 Å². The van der Waals surface area contributed by atoms with Crippen molar-refractivity contribution in [1.29, 1.82) is 0 Å². The lowest BCUT2D eigenvalue weighted by Crippen LogP contribution is -2.34. The minimum absolute atomic E-state index is 0.116. The molecule has 28 heavy (non-hydrogen) atoms. The number of nitrogens with one attached hydrogen (secondary N) is 1. The van der Waals surface area contributed by atoms with E-state index in [2.05, 4.69) is 10.3 Å². The number of benzene rings is 2. The SMILES string of the molecule is CC(C)CC(NC(=O)O)c1nc2cccc(Cl)c2c(=O)n1-c1cccc(F)c1. The molecule has 2 N–H and O–H groups in total. The fourth-order valence-corrected chi connectivity index (χ4v) is 3.41. The quantitative estimate of drug-likeness (QED) is 0.655. The van der Waals surface area contributed by atoms with Gasteiger partial charge >= 0.3 is 6.09 Å². The first-order valence-electron chi connectivity index (χ1n) is 8.74. The Bertz CT molecular complexity index is 1100. The number of rotatable bonds is 5. The van der Waals surface area contributed by atoms with Crippen LogP contribution in [0.5, 0.6) is 0 Å². The van der Waals surface area contributed by atoms with Gasteiger partial charge in [0, 0.05) is 0 Å². The van der Waals surface area contributed by atoms with Crippen molar-refractivity contribution in [3.05, 3.63) is 69.5 Å². The van der Waals surface area contributed by atoms with Crippen molar-refractivity contribution < 1.29 is 14.3 Å². The second-order valence-corrected chi connectivity index (χ2v) is 7.26. The third-order valence-electron chi connectivity index (χ3n) is 4.26. The summed E-state index contributed by atoms with van der Waals surface area (Å²) in [6.45, 7) is 3.86. The highest BCUT2D eigenvalue weighted by molar-refractivity contribution is 6.35. The molecule has 1 amide bonds. The van der Waals surface area contributed by atoms with E-state index in [4.69, 9.17) is 11.6 Å². The largest absolute Gasteiger partial charge is 0.465 e. The van der Waals surface area contributed by atoms with Gasteiger partial charge in [0.2, 0.25) is 0 Å². The fraction of sp³-hybridized carbons (Fsp3) is 0.250. The molecule has 1 aromatic heterocycles. The summed E-state index contributed by atoms with van der Waals surface area (Å²) in [7, 11) is 0. The zero-order chi connectivity index (χ0) is 20.4. The molecule has 6 nitrogen and oxygen atoms in total. The molecule has 3 aromatic rings. The smallest absolute Gasteiger partial charge is 0.405 e. The third-order valence-corrected chi connectivity index (χ3v) is 4.57. The van der Waals surface area contributed by atoms with Crippen LogP contribution in [0.15, 0.2) is 47.3 Å². The Morgan fingerprint density at radius 1 is 1.29 bits per heavy atom. The lowest BCUT2D eigenvalue weighted by Gasteiger charge is -2.23. The van der Waals surface area contributed by atoms with Gasteiger partial charge in [-0.2, -0.15) is 0 Å². The first-order valence-corrected chi connectivity index (χ1v) is 9.12. The van der Waals surface area contributed by atoms with Gasteiger partial charge in [-0.25, -0.2) is 14.2 Å². The zero-order valence-electron chi connectivity index (χ0n) is 15.3. The van der Waals surface area contributed by atoms with E-state index in [1.807, 2.05) is 13.8 Å². The highest BCUT2D eigenvalue weighted by Gasteiger charge is 2.24. The number of hydrogen-bond acceptors (Lipinski definition) is 3. The Labute approximate surface area is 165 Å². The van der Waals surface area contributed by atoms with Crippen LogP contribution in [0.4, 0.5) is 9.18 Å². The standard InChI is InChI=1S/C20H19ClFN3O3/c1-11(2)9-16(24-20(27)28)18-23-15-8-4-7-14(21)17(15)19(26)25(18)13-6-3-5-12(22)10-13/h3-8,10-11,16,24H,9H2,1-2H3,(H,27,28). The Kier molecular flexibility index (Phi) is 5.65. The van der Waals surface area contributed by atoms with Gasteiger partial charge in [0.05, 0.1) is 27.7 Å². The van der Waals surface area contributed by atoms with Gasteiger partial charge in [0.15, 0.2) is 0 Å². The normalized spacial score (nSPS) is 12.3. The molecule has 1 atom stereocenters. The maximum atomic E-state index is 13.9.